The molecule has 9 nitrogen and oxygen atoms in total. The normalized spacial score (nSPS) is 18.1. The minimum absolute atomic E-state index is 0.0776. The summed E-state index contributed by atoms with van der Waals surface area (Å²) in [6.07, 6.45) is 5.41. The maximum absolute atomic E-state index is 13.5. The summed E-state index contributed by atoms with van der Waals surface area (Å²) in [4.78, 5) is 20.5. The van der Waals surface area contributed by atoms with Gasteiger partial charge in [-0.15, -0.1) is 0 Å². The van der Waals surface area contributed by atoms with Crippen molar-refractivity contribution in [1.82, 2.24) is 24.9 Å². The molecule has 11 heteroatoms. The predicted octanol–water partition coefficient (Wildman–Crippen LogP) is 3.21. The Hall–Kier alpha value is -4.07. The summed E-state index contributed by atoms with van der Waals surface area (Å²) < 4.78 is 35.8. The molecule has 1 amide bonds. The zero-order valence-corrected chi connectivity index (χ0v) is 17.6. The Bertz CT molecular complexity index is 1170. The van der Waals surface area contributed by atoms with Crippen molar-refractivity contribution in [1.29, 1.82) is 5.26 Å². The number of nitriles is 1. The molecule has 0 bridgehead atoms. The Balaban J connectivity index is 1.58. The topological polar surface area (TPSA) is 106 Å². The van der Waals surface area contributed by atoms with Crippen LogP contribution in [0.5, 0.6) is 11.6 Å². The first-order valence-electron chi connectivity index (χ1n) is 10.2. The number of hydrogen-bond donors (Lipinski definition) is 0. The third-order valence-corrected chi connectivity index (χ3v) is 5.31. The fraction of sp³-hybridized carbons (Fsp3) is 0.318. The summed E-state index contributed by atoms with van der Waals surface area (Å²) >= 11 is 0. The van der Waals surface area contributed by atoms with Crippen LogP contribution in [0.4, 0.5) is 8.78 Å². The number of ether oxygens (including phenoxy) is 2. The second kappa shape index (κ2) is 9.60. The van der Waals surface area contributed by atoms with E-state index in [2.05, 4.69) is 19.9 Å². The average Bonchev–Trinajstić information content (AvgIpc) is 3.34. The molecule has 1 aromatic carbocycles. The summed E-state index contributed by atoms with van der Waals surface area (Å²) in [6.45, 7) is -0.777. The van der Waals surface area contributed by atoms with E-state index in [1.165, 1.54) is 41.6 Å². The zero-order valence-electron chi connectivity index (χ0n) is 17.6. The van der Waals surface area contributed by atoms with E-state index in [1.807, 2.05) is 13.0 Å². The standard InChI is InChI=1S/C22H20F2N6O3/c1-14-2-3-17(32-20-10-15(12-25)6-7-26-20)13-29(14)21(31)18-5-4-16(33-22(23)24)11-19(18)30-27-8-9-28-30/h4-11,14,17,22H,2-3,13H2,1H3/t14-,17-/m1/s1. The molecule has 3 aromatic rings. The Morgan fingerprint density at radius 3 is 2.70 bits per heavy atom. The van der Waals surface area contributed by atoms with Gasteiger partial charge in [-0.2, -0.15) is 29.0 Å². The van der Waals surface area contributed by atoms with Gasteiger partial charge >= 0.3 is 6.61 Å². The van der Waals surface area contributed by atoms with Crippen LogP contribution in [0.2, 0.25) is 0 Å². The first-order chi connectivity index (χ1) is 15.9. The highest BCUT2D eigenvalue weighted by molar-refractivity contribution is 5.98. The number of pyridine rings is 1. The lowest BCUT2D eigenvalue weighted by atomic mass is 9.99. The maximum atomic E-state index is 13.5. The molecule has 0 spiro atoms. The van der Waals surface area contributed by atoms with Crippen molar-refractivity contribution in [2.45, 2.75) is 38.5 Å². The van der Waals surface area contributed by atoms with Crippen LogP contribution in [0.25, 0.3) is 5.69 Å². The van der Waals surface area contributed by atoms with Gasteiger partial charge < -0.3 is 14.4 Å². The number of rotatable bonds is 6. The molecule has 3 heterocycles. The number of carbonyl (C=O) groups is 1. The number of nitrogens with zero attached hydrogens (tertiary/aromatic N) is 6. The largest absolute Gasteiger partial charge is 0.472 e. The fourth-order valence-electron chi connectivity index (χ4n) is 3.70. The molecule has 1 aliphatic rings. The molecule has 0 N–H and O–H groups in total. The summed E-state index contributed by atoms with van der Waals surface area (Å²) in [7, 11) is 0. The number of hydrogen-bond acceptors (Lipinski definition) is 7. The van der Waals surface area contributed by atoms with Gasteiger partial charge in [-0.05, 0) is 38.0 Å². The molecule has 1 aliphatic heterocycles. The monoisotopic (exact) mass is 454 g/mol. The fourth-order valence-corrected chi connectivity index (χ4v) is 3.70. The van der Waals surface area contributed by atoms with E-state index in [4.69, 9.17) is 10.00 Å². The molecule has 2 atom stereocenters. The molecular weight excluding hydrogens is 434 g/mol. The number of likely N-dealkylation sites (tertiary alicyclic amines) is 1. The number of alkyl halides is 2. The van der Waals surface area contributed by atoms with Gasteiger partial charge in [-0.25, -0.2) is 4.98 Å². The van der Waals surface area contributed by atoms with E-state index in [-0.39, 0.29) is 35.1 Å². The molecule has 4 rings (SSSR count). The summed E-state index contributed by atoms with van der Waals surface area (Å²) in [5.74, 6) is -0.105. The number of amides is 1. The summed E-state index contributed by atoms with van der Waals surface area (Å²) in [6, 6.07) is 9.13. The van der Waals surface area contributed by atoms with Crippen LogP contribution >= 0.6 is 0 Å². The number of halogens is 2. The first-order valence-corrected chi connectivity index (χ1v) is 10.2. The van der Waals surface area contributed by atoms with Crippen LogP contribution in [0.3, 0.4) is 0 Å². The van der Waals surface area contributed by atoms with Gasteiger partial charge in [0.05, 0.1) is 36.1 Å². The van der Waals surface area contributed by atoms with Crippen molar-refractivity contribution in [3.05, 3.63) is 60.0 Å². The van der Waals surface area contributed by atoms with Crippen LogP contribution in [-0.2, 0) is 0 Å². The maximum Gasteiger partial charge on any atom is 0.387 e. The first kappa shape index (κ1) is 22.1. The molecule has 33 heavy (non-hydrogen) atoms. The van der Waals surface area contributed by atoms with E-state index in [9.17, 15) is 13.6 Å². The third kappa shape index (κ3) is 5.06. The van der Waals surface area contributed by atoms with Crippen molar-refractivity contribution in [3.63, 3.8) is 0 Å². The number of piperidine rings is 1. The molecule has 1 saturated heterocycles. The minimum Gasteiger partial charge on any atom is -0.472 e. The Labute approximate surface area is 188 Å². The SMILES string of the molecule is C[C@@H]1CC[C@@H](Oc2cc(C#N)ccn2)CN1C(=O)c1ccc(OC(F)F)cc1-n1nccn1. The van der Waals surface area contributed by atoms with Crippen LogP contribution in [0.1, 0.15) is 35.7 Å². The number of carbonyl (C=O) groups excluding carboxylic acids is 1. The Kier molecular flexibility index (Phi) is 6.44. The summed E-state index contributed by atoms with van der Waals surface area (Å²) in [5.41, 5.74) is 0.895. The number of benzene rings is 1. The predicted molar refractivity (Wildman–Crippen MR) is 111 cm³/mol. The van der Waals surface area contributed by atoms with Gasteiger partial charge in [-0.1, -0.05) is 0 Å². The van der Waals surface area contributed by atoms with E-state index in [0.717, 1.165) is 0 Å². The van der Waals surface area contributed by atoms with Crippen LogP contribution in [0, 0.1) is 11.3 Å². The van der Waals surface area contributed by atoms with Gasteiger partial charge in [0.2, 0.25) is 5.88 Å². The number of aromatic nitrogens is 4. The molecule has 0 radical (unpaired) electrons. The van der Waals surface area contributed by atoms with E-state index in [0.29, 0.717) is 30.8 Å². The molecule has 2 aromatic heterocycles. The molecule has 0 saturated carbocycles. The van der Waals surface area contributed by atoms with Crippen LogP contribution in [0.15, 0.2) is 48.9 Å². The van der Waals surface area contributed by atoms with Crippen LogP contribution < -0.4 is 9.47 Å². The molecule has 0 unspecified atom stereocenters. The van der Waals surface area contributed by atoms with E-state index < -0.39 is 6.61 Å². The van der Waals surface area contributed by atoms with E-state index in [1.54, 1.807) is 17.0 Å². The van der Waals surface area contributed by atoms with Crippen molar-refractivity contribution in [2.75, 3.05) is 6.54 Å². The lowest BCUT2D eigenvalue weighted by Gasteiger charge is -2.38. The highest BCUT2D eigenvalue weighted by Gasteiger charge is 2.32. The quantitative estimate of drug-likeness (QED) is 0.563. The Morgan fingerprint density at radius 2 is 1.97 bits per heavy atom. The molecule has 0 aliphatic carbocycles. The van der Waals surface area contributed by atoms with Crippen molar-refractivity contribution in [3.8, 4) is 23.4 Å². The second-order valence-electron chi connectivity index (χ2n) is 7.49. The Morgan fingerprint density at radius 1 is 1.18 bits per heavy atom. The highest BCUT2D eigenvalue weighted by atomic mass is 19.3. The van der Waals surface area contributed by atoms with Crippen LogP contribution in [-0.4, -0.2) is 56.1 Å². The molecular formula is C22H20F2N6O3. The van der Waals surface area contributed by atoms with Gasteiger partial charge in [0.15, 0.2) is 0 Å². The van der Waals surface area contributed by atoms with Crippen molar-refractivity contribution < 1.29 is 23.0 Å². The third-order valence-electron chi connectivity index (χ3n) is 5.31. The smallest absolute Gasteiger partial charge is 0.387 e. The molecule has 1 fully saturated rings. The van der Waals surface area contributed by atoms with Crippen molar-refractivity contribution in [2.24, 2.45) is 0 Å². The van der Waals surface area contributed by atoms with Gasteiger partial charge in [0, 0.05) is 24.4 Å². The average molecular weight is 454 g/mol. The lowest BCUT2D eigenvalue weighted by Crippen LogP contribution is -2.49. The lowest BCUT2D eigenvalue weighted by molar-refractivity contribution is -0.0498. The van der Waals surface area contributed by atoms with Gasteiger partial charge in [-0.3, -0.25) is 4.79 Å². The van der Waals surface area contributed by atoms with Gasteiger partial charge in [0.1, 0.15) is 17.5 Å². The molecule has 170 valence electrons. The van der Waals surface area contributed by atoms with E-state index >= 15 is 0 Å². The minimum atomic E-state index is -3.00. The van der Waals surface area contributed by atoms with Gasteiger partial charge in [0.25, 0.3) is 5.91 Å². The highest BCUT2D eigenvalue weighted by Crippen LogP contribution is 2.27. The summed E-state index contributed by atoms with van der Waals surface area (Å²) in [5, 5.41) is 17.1. The zero-order chi connectivity index (χ0) is 23.4. The second-order valence-corrected chi connectivity index (χ2v) is 7.49. The van der Waals surface area contributed by atoms with Crippen molar-refractivity contribution >= 4 is 5.91 Å².